The summed E-state index contributed by atoms with van der Waals surface area (Å²) in [5.41, 5.74) is -0.0778. The number of alkyl halides is 12. The lowest BCUT2D eigenvalue weighted by atomic mass is 10.1. The normalized spacial score (nSPS) is 25.4. The van der Waals surface area contributed by atoms with Crippen LogP contribution in [0.5, 0.6) is 0 Å². The Morgan fingerprint density at radius 1 is 0.867 bits per heavy atom. The van der Waals surface area contributed by atoms with Crippen LogP contribution in [0.25, 0.3) is 0 Å². The monoisotopic (exact) mass is 462 g/mol. The Kier molecular flexibility index (Phi) is 5.34. The highest BCUT2D eigenvalue weighted by Gasteiger charge is 2.98. The first kappa shape index (κ1) is 24.1. The van der Waals surface area contributed by atoms with Gasteiger partial charge in [-0.2, -0.15) is 48.3 Å². The summed E-state index contributed by atoms with van der Waals surface area (Å²) >= 11 is 0. The van der Waals surface area contributed by atoms with Gasteiger partial charge in [0.05, 0.1) is 6.04 Å². The zero-order chi connectivity index (χ0) is 23.6. The number of halogens is 12. The second-order valence-electron chi connectivity index (χ2n) is 6.29. The molecule has 0 aromatic heterocycles. The van der Waals surface area contributed by atoms with E-state index in [1.807, 2.05) is 0 Å². The molecule has 1 aromatic rings. The Morgan fingerprint density at radius 3 is 1.63 bits per heavy atom. The van der Waals surface area contributed by atoms with Gasteiger partial charge in [-0.25, -0.2) is 4.39 Å². The van der Waals surface area contributed by atoms with Crippen molar-refractivity contribution in [1.82, 2.24) is 10.2 Å². The van der Waals surface area contributed by atoms with Crippen molar-refractivity contribution in [3.8, 4) is 0 Å². The van der Waals surface area contributed by atoms with Crippen LogP contribution in [-0.2, 0) is 4.79 Å². The number of rotatable bonds is 4. The summed E-state index contributed by atoms with van der Waals surface area (Å²) in [5, 5.41) is 1.12. The molecule has 3 nitrogen and oxygen atoms in total. The van der Waals surface area contributed by atoms with Crippen LogP contribution in [0.1, 0.15) is 18.5 Å². The van der Waals surface area contributed by atoms with E-state index in [4.69, 9.17) is 0 Å². The summed E-state index contributed by atoms with van der Waals surface area (Å²) in [5.74, 6) is -24.3. The minimum absolute atomic E-state index is 0.0778. The fourth-order valence-corrected chi connectivity index (χ4v) is 2.70. The quantitative estimate of drug-likeness (QED) is 0.512. The van der Waals surface area contributed by atoms with E-state index in [0.717, 1.165) is 24.4 Å². The molecule has 0 radical (unpaired) electrons. The molecular weight excluding hydrogens is 452 g/mol. The topological polar surface area (TPSA) is 32.3 Å². The lowest BCUT2D eigenvalue weighted by molar-refractivity contribution is -0.380. The Balaban J connectivity index is 2.63. The van der Waals surface area contributed by atoms with Crippen LogP contribution in [0, 0.1) is 0 Å². The van der Waals surface area contributed by atoms with Gasteiger partial charge >= 0.3 is 35.9 Å². The third-order valence-electron chi connectivity index (χ3n) is 4.34. The van der Waals surface area contributed by atoms with Gasteiger partial charge in [-0.3, -0.25) is 4.79 Å². The van der Waals surface area contributed by atoms with Gasteiger partial charge in [0.1, 0.15) is 0 Å². The Labute approximate surface area is 159 Å². The van der Waals surface area contributed by atoms with Gasteiger partial charge in [0.15, 0.2) is 0 Å². The van der Waals surface area contributed by atoms with Gasteiger partial charge in [-0.1, -0.05) is 30.3 Å². The molecule has 0 bridgehead atoms. The Bertz CT molecular complexity index is 784. The van der Waals surface area contributed by atoms with Crippen molar-refractivity contribution in [2.24, 2.45) is 0 Å². The third kappa shape index (κ3) is 2.92. The lowest BCUT2D eigenvalue weighted by Gasteiger charge is -2.40. The second-order valence-corrected chi connectivity index (χ2v) is 6.29. The molecule has 1 amide bonds. The van der Waals surface area contributed by atoms with Crippen molar-refractivity contribution in [3.63, 3.8) is 0 Å². The van der Waals surface area contributed by atoms with Crippen LogP contribution in [0.4, 0.5) is 52.7 Å². The van der Waals surface area contributed by atoms with Crippen LogP contribution >= 0.6 is 0 Å². The highest BCUT2D eigenvalue weighted by Crippen LogP contribution is 2.66. The first-order chi connectivity index (χ1) is 13.3. The largest absolute Gasteiger partial charge is 0.446 e. The molecule has 0 unspecified atom stereocenters. The van der Waals surface area contributed by atoms with Crippen LogP contribution in [-0.4, -0.2) is 46.7 Å². The van der Waals surface area contributed by atoms with Gasteiger partial charge in [0.25, 0.3) is 5.91 Å². The number of amides is 1. The average Bonchev–Trinajstić information content (AvgIpc) is 2.66. The number of nitrogens with one attached hydrogen (secondary N) is 1. The van der Waals surface area contributed by atoms with E-state index >= 15 is 0 Å². The fourth-order valence-electron chi connectivity index (χ4n) is 2.70. The van der Waals surface area contributed by atoms with Crippen molar-refractivity contribution < 1.29 is 57.5 Å². The van der Waals surface area contributed by atoms with Crippen molar-refractivity contribution in [3.05, 3.63) is 35.9 Å². The molecule has 0 aliphatic carbocycles. The predicted molar refractivity (Wildman–Crippen MR) is 74.5 cm³/mol. The van der Waals surface area contributed by atoms with E-state index in [1.54, 1.807) is 0 Å². The molecule has 0 spiro atoms. The number of likely N-dealkylation sites (tertiary alicyclic amines) is 1. The van der Waals surface area contributed by atoms with E-state index in [2.05, 4.69) is 0 Å². The highest BCUT2D eigenvalue weighted by atomic mass is 19.4. The van der Waals surface area contributed by atoms with Crippen molar-refractivity contribution in [2.45, 2.75) is 48.9 Å². The van der Waals surface area contributed by atoms with Gasteiger partial charge in [-0.05, 0) is 12.5 Å². The van der Waals surface area contributed by atoms with Gasteiger partial charge in [0.2, 0.25) is 0 Å². The molecule has 1 aromatic carbocycles. The first-order valence-corrected chi connectivity index (χ1v) is 7.71. The van der Waals surface area contributed by atoms with Crippen LogP contribution in [0.3, 0.4) is 0 Å². The minimum Gasteiger partial charge on any atom is -0.345 e. The summed E-state index contributed by atoms with van der Waals surface area (Å²) in [4.78, 5) is 8.46. The van der Waals surface area contributed by atoms with E-state index in [0.29, 0.717) is 0 Å². The van der Waals surface area contributed by atoms with E-state index < -0.39 is 52.8 Å². The fraction of sp³-hybridized carbons (Fsp3) is 0.533. The number of nitrogens with zero attached hydrogens (tertiary/aromatic N) is 1. The highest BCUT2D eigenvalue weighted by molar-refractivity contribution is 5.86. The zero-order valence-electron chi connectivity index (χ0n) is 14.4. The Hall–Kier alpha value is -2.19. The number of benzene rings is 1. The van der Waals surface area contributed by atoms with E-state index in [1.165, 1.54) is 18.2 Å². The van der Waals surface area contributed by atoms with Crippen LogP contribution in [0.2, 0.25) is 0 Å². The number of carbonyl (C=O) groups excluding carboxylic acids is 1. The zero-order valence-corrected chi connectivity index (χ0v) is 14.4. The molecule has 30 heavy (non-hydrogen) atoms. The maximum Gasteiger partial charge on any atom is 0.446 e. The summed E-state index contributed by atoms with van der Waals surface area (Å²) < 4.78 is 162. The molecule has 0 saturated carbocycles. The molecule has 1 N–H and O–H groups in total. The molecular formula is C15H10F12N2O. The molecule has 15 heteroatoms. The van der Waals surface area contributed by atoms with Crippen LogP contribution in [0.15, 0.2) is 30.3 Å². The average molecular weight is 462 g/mol. The summed E-state index contributed by atoms with van der Waals surface area (Å²) in [6, 6.07) is -9.66. The molecule has 1 aliphatic rings. The van der Waals surface area contributed by atoms with E-state index in [9.17, 15) is 57.5 Å². The molecule has 2 rings (SSSR count). The standard InChI is InChI=1S/C15H10F12N2O/c1-7(8-5-3-2-4-6-8)28-9(30)10(16,13(21,22)23)29-14(24,25)11(17,18)12(19,20)15(29,26)27/h2-7H,1H3,(H,28,30)/t7-,10+/m1/s1. The van der Waals surface area contributed by atoms with Crippen LogP contribution < -0.4 is 5.32 Å². The SMILES string of the molecule is C[C@@H](NC(=O)[C@](F)(N1C(F)(F)C(F)(F)C(F)(F)C1(F)F)C(F)(F)F)c1ccccc1. The molecule has 1 heterocycles. The molecule has 170 valence electrons. The maximum atomic E-state index is 14.7. The van der Waals surface area contributed by atoms with Crippen molar-refractivity contribution >= 4 is 5.91 Å². The van der Waals surface area contributed by atoms with Crippen molar-refractivity contribution in [2.75, 3.05) is 0 Å². The number of hydrogen-bond acceptors (Lipinski definition) is 2. The minimum atomic E-state index is -7.16. The molecule has 1 saturated heterocycles. The molecule has 1 aliphatic heterocycles. The lowest BCUT2D eigenvalue weighted by Crippen LogP contribution is -2.72. The molecule has 1 fully saturated rings. The van der Waals surface area contributed by atoms with Gasteiger partial charge < -0.3 is 5.32 Å². The first-order valence-electron chi connectivity index (χ1n) is 7.71. The molecule has 2 atom stereocenters. The van der Waals surface area contributed by atoms with Crippen molar-refractivity contribution in [1.29, 1.82) is 0 Å². The maximum absolute atomic E-state index is 14.7. The summed E-state index contributed by atoms with van der Waals surface area (Å²) in [6.45, 7) is 0.869. The predicted octanol–water partition coefficient (Wildman–Crippen LogP) is 4.86. The van der Waals surface area contributed by atoms with E-state index in [-0.39, 0.29) is 5.56 Å². The smallest absolute Gasteiger partial charge is 0.345 e. The number of carbonyl (C=O) groups is 1. The Morgan fingerprint density at radius 2 is 1.27 bits per heavy atom. The summed E-state index contributed by atoms with van der Waals surface area (Å²) in [7, 11) is 0. The van der Waals surface area contributed by atoms with Gasteiger partial charge in [-0.15, -0.1) is 4.90 Å². The number of hydrogen-bond donors (Lipinski definition) is 1. The second kappa shape index (κ2) is 6.65. The third-order valence-corrected chi connectivity index (χ3v) is 4.34. The summed E-state index contributed by atoms with van der Waals surface area (Å²) in [6.07, 6.45) is -7.06. The van der Waals surface area contributed by atoms with Gasteiger partial charge in [0, 0.05) is 0 Å².